The number of esters is 1. The van der Waals surface area contributed by atoms with Gasteiger partial charge in [0.1, 0.15) is 6.10 Å². The molecule has 0 saturated heterocycles. The summed E-state index contributed by atoms with van der Waals surface area (Å²) in [5.41, 5.74) is 2.53. The first kappa shape index (κ1) is 26.3. The third-order valence-electron chi connectivity index (χ3n) is 11.1. The van der Waals surface area contributed by atoms with Gasteiger partial charge in [-0.05, 0) is 97.2 Å². The standard InChI is InChI=1S/C32H54O2/c1-21(2)9-8-10-23(5)27-13-14-28-26-12-11-24-20-25(34-30(33)19-22(3)4)15-17-31(24,6)29(26)16-18-32(27,28)7/h11,21-23,25-29H,8-10,12-20H2,1-7H3/t23-,25-,26+,27-,28+,29+,31-,32-/m0/s1. The molecule has 0 unspecified atom stereocenters. The summed E-state index contributed by atoms with van der Waals surface area (Å²) < 4.78 is 5.93. The zero-order chi connectivity index (χ0) is 24.7. The van der Waals surface area contributed by atoms with Gasteiger partial charge in [-0.3, -0.25) is 4.79 Å². The molecule has 4 aliphatic rings. The Kier molecular flexibility index (Phi) is 7.96. The van der Waals surface area contributed by atoms with Crippen molar-refractivity contribution in [2.24, 2.45) is 52.3 Å². The maximum Gasteiger partial charge on any atom is 0.306 e. The number of rotatable bonds is 8. The molecule has 8 atom stereocenters. The van der Waals surface area contributed by atoms with Gasteiger partial charge in [0.05, 0.1) is 0 Å². The Morgan fingerprint density at radius 3 is 2.44 bits per heavy atom. The van der Waals surface area contributed by atoms with Crippen LogP contribution >= 0.6 is 0 Å². The van der Waals surface area contributed by atoms with Crippen LogP contribution in [0.15, 0.2) is 11.6 Å². The minimum atomic E-state index is 0.00540. The average molecular weight is 471 g/mol. The van der Waals surface area contributed by atoms with Gasteiger partial charge in [-0.25, -0.2) is 0 Å². The van der Waals surface area contributed by atoms with Gasteiger partial charge >= 0.3 is 5.97 Å². The van der Waals surface area contributed by atoms with Crippen LogP contribution in [0.1, 0.15) is 126 Å². The lowest BCUT2D eigenvalue weighted by atomic mass is 9.47. The van der Waals surface area contributed by atoms with Gasteiger partial charge in [-0.1, -0.05) is 79.4 Å². The minimum Gasteiger partial charge on any atom is -0.462 e. The maximum absolute atomic E-state index is 12.3. The number of carbonyl (C=O) groups excluding carboxylic acids is 1. The van der Waals surface area contributed by atoms with Crippen LogP contribution in [0, 0.1) is 52.3 Å². The van der Waals surface area contributed by atoms with Crippen LogP contribution in [-0.2, 0) is 9.53 Å². The minimum absolute atomic E-state index is 0.00540. The van der Waals surface area contributed by atoms with Crippen molar-refractivity contribution < 1.29 is 9.53 Å². The van der Waals surface area contributed by atoms with Crippen LogP contribution in [-0.4, -0.2) is 12.1 Å². The highest BCUT2D eigenvalue weighted by molar-refractivity contribution is 5.69. The molecule has 3 saturated carbocycles. The maximum atomic E-state index is 12.3. The van der Waals surface area contributed by atoms with E-state index >= 15 is 0 Å². The zero-order valence-corrected chi connectivity index (χ0v) is 23.5. The van der Waals surface area contributed by atoms with Gasteiger partial charge in [0.2, 0.25) is 0 Å². The second-order valence-corrected chi connectivity index (χ2v) is 14.2. The third kappa shape index (κ3) is 5.04. The van der Waals surface area contributed by atoms with Crippen LogP contribution in [0.4, 0.5) is 0 Å². The normalized spacial score (nSPS) is 40.4. The van der Waals surface area contributed by atoms with Crippen molar-refractivity contribution in [1.29, 1.82) is 0 Å². The molecule has 0 aliphatic heterocycles. The molecule has 0 heterocycles. The first-order valence-corrected chi connectivity index (χ1v) is 14.9. The van der Waals surface area contributed by atoms with Crippen molar-refractivity contribution in [2.45, 2.75) is 132 Å². The average Bonchev–Trinajstić information content (AvgIpc) is 3.10. The highest BCUT2D eigenvalue weighted by Gasteiger charge is 2.59. The van der Waals surface area contributed by atoms with Crippen molar-refractivity contribution in [3.63, 3.8) is 0 Å². The second-order valence-electron chi connectivity index (χ2n) is 14.2. The summed E-state index contributed by atoms with van der Waals surface area (Å²) in [6, 6.07) is 0. The Labute approximate surface area is 211 Å². The highest BCUT2D eigenvalue weighted by atomic mass is 16.5. The van der Waals surface area contributed by atoms with Crippen LogP contribution in [0.25, 0.3) is 0 Å². The fourth-order valence-electron chi connectivity index (χ4n) is 9.32. The summed E-state index contributed by atoms with van der Waals surface area (Å²) in [7, 11) is 0. The molecule has 34 heavy (non-hydrogen) atoms. The Balaban J connectivity index is 1.42. The molecule has 0 N–H and O–H groups in total. The van der Waals surface area contributed by atoms with Gasteiger partial charge in [-0.15, -0.1) is 0 Å². The van der Waals surface area contributed by atoms with E-state index in [0.717, 1.165) is 48.3 Å². The topological polar surface area (TPSA) is 26.3 Å². The monoisotopic (exact) mass is 470 g/mol. The molecule has 2 heteroatoms. The predicted molar refractivity (Wildman–Crippen MR) is 142 cm³/mol. The summed E-state index contributed by atoms with van der Waals surface area (Å²) in [5.74, 6) is 5.67. The van der Waals surface area contributed by atoms with E-state index in [4.69, 9.17) is 4.74 Å². The predicted octanol–water partition coefficient (Wildman–Crippen LogP) is 8.99. The van der Waals surface area contributed by atoms with Gasteiger partial charge in [0.15, 0.2) is 0 Å². The molecule has 3 fully saturated rings. The zero-order valence-electron chi connectivity index (χ0n) is 23.5. The lowest BCUT2D eigenvalue weighted by molar-refractivity contribution is -0.152. The van der Waals surface area contributed by atoms with E-state index in [0.29, 0.717) is 23.2 Å². The summed E-state index contributed by atoms with van der Waals surface area (Å²) in [5, 5.41) is 0. The first-order valence-electron chi connectivity index (χ1n) is 14.9. The largest absolute Gasteiger partial charge is 0.462 e. The van der Waals surface area contributed by atoms with E-state index in [1.165, 1.54) is 57.8 Å². The number of ether oxygens (including phenoxy) is 1. The lowest BCUT2D eigenvalue weighted by Gasteiger charge is -2.58. The van der Waals surface area contributed by atoms with Crippen molar-refractivity contribution >= 4 is 5.97 Å². The smallest absolute Gasteiger partial charge is 0.306 e. The molecule has 0 aromatic carbocycles. The van der Waals surface area contributed by atoms with Crippen LogP contribution in [0.3, 0.4) is 0 Å². The Bertz CT molecular complexity index is 750. The van der Waals surface area contributed by atoms with E-state index in [1.807, 2.05) is 0 Å². The SMILES string of the molecule is CC(C)CCC[C@H](C)[C@@H]1CC[C@@H]2[C@H]3CC=C4C[C@@H](OC(=O)CC(C)C)CC[C@]4(C)[C@@H]3CC[C@]21C. The summed E-state index contributed by atoms with van der Waals surface area (Å²) in [6.07, 6.45) is 17.8. The summed E-state index contributed by atoms with van der Waals surface area (Å²) >= 11 is 0. The van der Waals surface area contributed by atoms with E-state index < -0.39 is 0 Å². The van der Waals surface area contributed by atoms with E-state index in [1.54, 1.807) is 5.57 Å². The molecule has 4 rings (SSSR count). The molecule has 0 amide bonds. The molecule has 2 nitrogen and oxygen atoms in total. The second kappa shape index (κ2) is 10.3. The fourth-order valence-corrected chi connectivity index (χ4v) is 9.32. The molecular formula is C32H54O2. The van der Waals surface area contributed by atoms with E-state index in [9.17, 15) is 4.79 Å². The summed E-state index contributed by atoms with van der Waals surface area (Å²) in [4.78, 5) is 12.3. The highest BCUT2D eigenvalue weighted by Crippen LogP contribution is 2.67. The molecule has 0 radical (unpaired) electrons. The number of carbonyl (C=O) groups is 1. The molecule has 0 aromatic heterocycles. The van der Waals surface area contributed by atoms with Gasteiger partial charge in [0.25, 0.3) is 0 Å². The molecule has 0 spiro atoms. The van der Waals surface area contributed by atoms with Crippen molar-refractivity contribution in [2.75, 3.05) is 0 Å². The molecule has 0 aromatic rings. The van der Waals surface area contributed by atoms with Crippen molar-refractivity contribution in [1.82, 2.24) is 0 Å². The van der Waals surface area contributed by atoms with E-state index in [-0.39, 0.29) is 12.1 Å². The summed E-state index contributed by atoms with van der Waals surface area (Å²) in [6.45, 7) is 16.8. The van der Waals surface area contributed by atoms with Crippen molar-refractivity contribution in [3.8, 4) is 0 Å². The van der Waals surface area contributed by atoms with Gasteiger partial charge in [-0.2, -0.15) is 0 Å². The Morgan fingerprint density at radius 1 is 0.971 bits per heavy atom. The van der Waals surface area contributed by atoms with E-state index in [2.05, 4.69) is 54.5 Å². The number of fused-ring (bicyclic) bond motifs is 5. The Hall–Kier alpha value is -0.790. The molecule has 0 bridgehead atoms. The molecule has 4 aliphatic carbocycles. The number of hydrogen-bond donors (Lipinski definition) is 0. The molecule has 194 valence electrons. The van der Waals surface area contributed by atoms with Gasteiger partial charge < -0.3 is 4.74 Å². The first-order chi connectivity index (χ1) is 16.0. The van der Waals surface area contributed by atoms with Crippen LogP contribution < -0.4 is 0 Å². The number of allylic oxidation sites excluding steroid dienone is 1. The van der Waals surface area contributed by atoms with Crippen molar-refractivity contribution in [3.05, 3.63) is 11.6 Å². The van der Waals surface area contributed by atoms with Gasteiger partial charge in [0, 0.05) is 12.8 Å². The molecular weight excluding hydrogens is 416 g/mol. The lowest BCUT2D eigenvalue weighted by Crippen LogP contribution is -2.51. The fraction of sp³-hybridized carbons (Fsp3) is 0.906. The third-order valence-corrected chi connectivity index (χ3v) is 11.1. The van der Waals surface area contributed by atoms with Crippen LogP contribution in [0.2, 0.25) is 0 Å². The Morgan fingerprint density at radius 2 is 1.74 bits per heavy atom. The quantitative estimate of drug-likeness (QED) is 0.261. The number of hydrogen-bond acceptors (Lipinski definition) is 2. The van der Waals surface area contributed by atoms with Crippen LogP contribution in [0.5, 0.6) is 0 Å².